The maximum absolute atomic E-state index is 12.8. The van der Waals surface area contributed by atoms with Crippen molar-refractivity contribution in [2.24, 2.45) is 0 Å². The molecule has 0 saturated carbocycles. The molecule has 2 heterocycles. The minimum atomic E-state index is -0.438. The van der Waals surface area contributed by atoms with Gasteiger partial charge in [0.1, 0.15) is 5.75 Å². The monoisotopic (exact) mass is 345 g/mol. The second-order valence-electron chi connectivity index (χ2n) is 6.36. The molecular formula is C18H23N3O4. The van der Waals surface area contributed by atoms with E-state index in [2.05, 4.69) is 0 Å². The van der Waals surface area contributed by atoms with Crippen LogP contribution in [0.5, 0.6) is 5.75 Å². The number of ether oxygens (including phenoxy) is 2. The Balaban J connectivity index is 1.85. The summed E-state index contributed by atoms with van der Waals surface area (Å²) in [6, 6.07) is 5.56. The van der Waals surface area contributed by atoms with E-state index in [1.54, 1.807) is 20.2 Å². The summed E-state index contributed by atoms with van der Waals surface area (Å²) in [5.41, 5.74) is 2.46. The van der Waals surface area contributed by atoms with Crippen molar-refractivity contribution in [3.05, 3.63) is 35.5 Å². The molecule has 0 aliphatic carbocycles. The van der Waals surface area contributed by atoms with Crippen LogP contribution in [-0.2, 0) is 16.0 Å². The number of anilines is 1. The number of benzene rings is 1. The second-order valence-corrected chi connectivity index (χ2v) is 6.36. The van der Waals surface area contributed by atoms with Crippen LogP contribution in [0.15, 0.2) is 30.0 Å². The summed E-state index contributed by atoms with van der Waals surface area (Å²) in [4.78, 5) is 29.8. The van der Waals surface area contributed by atoms with Crippen LogP contribution in [0.3, 0.4) is 0 Å². The average molecular weight is 345 g/mol. The summed E-state index contributed by atoms with van der Waals surface area (Å²) in [5, 5.41) is 0. The molecule has 134 valence electrons. The molecule has 0 aromatic heterocycles. The molecule has 3 rings (SSSR count). The van der Waals surface area contributed by atoms with E-state index in [1.807, 2.05) is 35.2 Å². The van der Waals surface area contributed by atoms with E-state index in [0.717, 1.165) is 11.3 Å². The first-order valence-corrected chi connectivity index (χ1v) is 8.29. The molecule has 2 aliphatic heterocycles. The van der Waals surface area contributed by atoms with E-state index in [1.165, 1.54) is 4.90 Å². The predicted molar refractivity (Wildman–Crippen MR) is 93.7 cm³/mol. The van der Waals surface area contributed by atoms with Crippen molar-refractivity contribution >= 4 is 17.7 Å². The minimum Gasteiger partial charge on any atom is -0.410 e. The number of hydrogen-bond acceptors (Lipinski definition) is 5. The minimum absolute atomic E-state index is 0.00883. The first-order valence-electron chi connectivity index (χ1n) is 8.29. The fourth-order valence-electron chi connectivity index (χ4n) is 2.98. The van der Waals surface area contributed by atoms with Crippen LogP contribution >= 0.6 is 0 Å². The quantitative estimate of drug-likeness (QED) is 0.813. The fraction of sp³-hybridized carbons (Fsp3) is 0.444. The third kappa shape index (κ3) is 3.61. The largest absolute Gasteiger partial charge is 0.414 e. The number of amides is 2. The zero-order chi connectivity index (χ0) is 18.0. The van der Waals surface area contributed by atoms with Gasteiger partial charge >= 0.3 is 6.09 Å². The van der Waals surface area contributed by atoms with E-state index in [4.69, 9.17) is 9.47 Å². The molecule has 2 aliphatic rings. The molecule has 1 saturated heterocycles. The number of rotatable bonds is 2. The Kier molecular flexibility index (Phi) is 4.94. The van der Waals surface area contributed by atoms with E-state index < -0.39 is 6.09 Å². The van der Waals surface area contributed by atoms with Gasteiger partial charge in [0.15, 0.2) is 0 Å². The maximum Gasteiger partial charge on any atom is 0.414 e. The molecule has 0 unspecified atom stereocenters. The molecule has 0 bridgehead atoms. The highest BCUT2D eigenvalue weighted by molar-refractivity contribution is 5.96. The van der Waals surface area contributed by atoms with Crippen molar-refractivity contribution in [2.75, 3.05) is 52.3 Å². The molecule has 2 amide bonds. The first kappa shape index (κ1) is 17.3. The first-order chi connectivity index (χ1) is 12.0. The molecule has 1 aromatic rings. The predicted octanol–water partition coefficient (Wildman–Crippen LogP) is 1.48. The van der Waals surface area contributed by atoms with E-state index in [0.29, 0.717) is 44.0 Å². The number of carbonyl (C=O) groups is 2. The van der Waals surface area contributed by atoms with Gasteiger partial charge in [-0.15, -0.1) is 0 Å². The molecule has 1 aromatic carbocycles. The van der Waals surface area contributed by atoms with Gasteiger partial charge in [-0.3, -0.25) is 4.79 Å². The van der Waals surface area contributed by atoms with Crippen LogP contribution in [-0.4, -0.2) is 69.2 Å². The van der Waals surface area contributed by atoms with Gasteiger partial charge in [0, 0.05) is 63.7 Å². The van der Waals surface area contributed by atoms with Crippen molar-refractivity contribution in [2.45, 2.75) is 6.42 Å². The van der Waals surface area contributed by atoms with Crippen molar-refractivity contribution in [1.29, 1.82) is 0 Å². The molecule has 0 N–H and O–H groups in total. The van der Waals surface area contributed by atoms with Crippen molar-refractivity contribution < 1.29 is 19.1 Å². The van der Waals surface area contributed by atoms with Gasteiger partial charge in [-0.2, -0.15) is 0 Å². The Morgan fingerprint density at radius 1 is 1.20 bits per heavy atom. The highest BCUT2D eigenvalue weighted by atomic mass is 16.6. The van der Waals surface area contributed by atoms with E-state index >= 15 is 0 Å². The zero-order valence-electron chi connectivity index (χ0n) is 14.8. The standard InChI is InChI=1S/C18H23N3O4/c1-19(2)18(23)25-16-6-4-5-15-14(16)11-13(12-20(15)3)17(22)21-7-9-24-10-8-21/h4-6,12H,7-11H2,1-3H3. The molecule has 7 heteroatoms. The summed E-state index contributed by atoms with van der Waals surface area (Å²) >= 11 is 0. The summed E-state index contributed by atoms with van der Waals surface area (Å²) in [7, 11) is 5.16. The van der Waals surface area contributed by atoms with Gasteiger partial charge in [0.25, 0.3) is 5.91 Å². The number of carbonyl (C=O) groups excluding carboxylic acids is 2. The zero-order valence-corrected chi connectivity index (χ0v) is 14.8. The van der Waals surface area contributed by atoms with Crippen LogP contribution in [0, 0.1) is 0 Å². The van der Waals surface area contributed by atoms with Crippen LogP contribution < -0.4 is 9.64 Å². The van der Waals surface area contributed by atoms with Crippen LogP contribution in [0.25, 0.3) is 0 Å². The highest BCUT2D eigenvalue weighted by Gasteiger charge is 2.27. The topological polar surface area (TPSA) is 62.3 Å². The van der Waals surface area contributed by atoms with Gasteiger partial charge in [-0.25, -0.2) is 4.79 Å². The fourth-order valence-corrected chi connectivity index (χ4v) is 2.98. The lowest BCUT2D eigenvalue weighted by atomic mass is 9.97. The summed E-state index contributed by atoms with van der Waals surface area (Å²) < 4.78 is 10.8. The summed E-state index contributed by atoms with van der Waals surface area (Å²) in [5.74, 6) is 0.498. The highest BCUT2D eigenvalue weighted by Crippen LogP contribution is 2.35. The Labute approximate surface area is 147 Å². The van der Waals surface area contributed by atoms with E-state index in [-0.39, 0.29) is 5.91 Å². The van der Waals surface area contributed by atoms with Crippen LogP contribution in [0.2, 0.25) is 0 Å². The number of nitrogens with zero attached hydrogens (tertiary/aromatic N) is 3. The number of morpholine rings is 1. The number of fused-ring (bicyclic) bond motifs is 1. The van der Waals surface area contributed by atoms with Gasteiger partial charge in [-0.05, 0) is 12.1 Å². The summed E-state index contributed by atoms with van der Waals surface area (Å²) in [6.45, 7) is 2.34. The van der Waals surface area contributed by atoms with Crippen molar-refractivity contribution in [1.82, 2.24) is 9.80 Å². The molecule has 25 heavy (non-hydrogen) atoms. The molecule has 0 spiro atoms. The Hall–Kier alpha value is -2.54. The lowest BCUT2D eigenvalue weighted by molar-refractivity contribution is -0.131. The average Bonchev–Trinajstić information content (AvgIpc) is 2.62. The van der Waals surface area contributed by atoms with Crippen molar-refractivity contribution in [3.8, 4) is 5.75 Å². The van der Waals surface area contributed by atoms with Gasteiger partial charge in [0.05, 0.1) is 13.2 Å². The molecule has 0 atom stereocenters. The Morgan fingerprint density at radius 3 is 2.60 bits per heavy atom. The smallest absolute Gasteiger partial charge is 0.410 e. The third-order valence-electron chi connectivity index (χ3n) is 4.34. The van der Waals surface area contributed by atoms with Gasteiger partial charge < -0.3 is 24.2 Å². The molecule has 0 radical (unpaired) electrons. The lowest BCUT2D eigenvalue weighted by Gasteiger charge is -2.31. The molecular weight excluding hydrogens is 322 g/mol. The summed E-state index contributed by atoms with van der Waals surface area (Å²) in [6.07, 6.45) is 1.86. The number of hydrogen-bond donors (Lipinski definition) is 0. The second kappa shape index (κ2) is 7.14. The van der Waals surface area contributed by atoms with E-state index in [9.17, 15) is 9.59 Å². The van der Waals surface area contributed by atoms with Crippen LogP contribution in [0.4, 0.5) is 10.5 Å². The van der Waals surface area contributed by atoms with Gasteiger partial charge in [-0.1, -0.05) is 6.07 Å². The van der Waals surface area contributed by atoms with Crippen LogP contribution in [0.1, 0.15) is 5.56 Å². The normalized spacial score (nSPS) is 16.8. The lowest BCUT2D eigenvalue weighted by Crippen LogP contribution is -2.42. The third-order valence-corrected chi connectivity index (χ3v) is 4.34. The Morgan fingerprint density at radius 2 is 1.92 bits per heavy atom. The maximum atomic E-state index is 12.8. The Bertz CT molecular complexity index is 708. The van der Waals surface area contributed by atoms with Crippen molar-refractivity contribution in [3.63, 3.8) is 0 Å². The molecule has 1 fully saturated rings. The SMILES string of the molecule is CN(C)C(=O)Oc1cccc2c1CC(C(=O)N1CCOCC1)=CN2C. The molecule has 7 nitrogen and oxygen atoms in total. The van der Waals surface area contributed by atoms with Gasteiger partial charge in [0.2, 0.25) is 0 Å².